The standard InChI is InChI=1S/C27H31ClN4O/c1-20-25(19-23-9-12-24(28)13-10-23)27(30-21(2)29-20)32-16-6-15-31(17-18-32)26(33)14-11-22-7-4-3-5-8-22/h3-5,7-10,12-13H,6,11,14-19H2,1-2H3. The van der Waals surface area contributed by atoms with Crippen LogP contribution in [0, 0.1) is 13.8 Å². The zero-order valence-electron chi connectivity index (χ0n) is 19.4. The normalized spacial score (nSPS) is 14.3. The Balaban J connectivity index is 1.46. The second kappa shape index (κ2) is 10.8. The summed E-state index contributed by atoms with van der Waals surface area (Å²) in [5.41, 5.74) is 4.55. The average molecular weight is 463 g/mol. The van der Waals surface area contributed by atoms with Gasteiger partial charge in [-0.2, -0.15) is 0 Å². The van der Waals surface area contributed by atoms with Crippen LogP contribution in [0.3, 0.4) is 0 Å². The summed E-state index contributed by atoms with van der Waals surface area (Å²) in [6.07, 6.45) is 3.03. The van der Waals surface area contributed by atoms with Gasteiger partial charge in [0, 0.05) is 55.3 Å². The van der Waals surface area contributed by atoms with Crippen molar-refractivity contribution in [2.75, 3.05) is 31.1 Å². The molecule has 0 bridgehead atoms. The first kappa shape index (κ1) is 23.2. The third kappa shape index (κ3) is 6.11. The number of amides is 1. The molecular formula is C27H31ClN4O. The Bertz CT molecular complexity index is 1090. The zero-order chi connectivity index (χ0) is 23.2. The van der Waals surface area contributed by atoms with E-state index in [1.165, 1.54) is 11.1 Å². The van der Waals surface area contributed by atoms with Crippen LogP contribution in [-0.2, 0) is 17.6 Å². The topological polar surface area (TPSA) is 49.3 Å². The van der Waals surface area contributed by atoms with Crippen LogP contribution in [0.1, 0.15) is 41.1 Å². The van der Waals surface area contributed by atoms with E-state index in [9.17, 15) is 4.79 Å². The van der Waals surface area contributed by atoms with Crippen molar-refractivity contribution in [3.8, 4) is 0 Å². The van der Waals surface area contributed by atoms with Crippen molar-refractivity contribution in [3.63, 3.8) is 0 Å². The molecule has 33 heavy (non-hydrogen) atoms. The predicted molar refractivity (Wildman–Crippen MR) is 134 cm³/mol. The summed E-state index contributed by atoms with van der Waals surface area (Å²) in [5, 5.41) is 0.736. The van der Waals surface area contributed by atoms with Gasteiger partial charge in [-0.1, -0.05) is 54.1 Å². The van der Waals surface area contributed by atoms with Crippen LogP contribution in [0.5, 0.6) is 0 Å². The number of carbonyl (C=O) groups excluding carboxylic acids is 1. The first-order chi connectivity index (χ1) is 16.0. The average Bonchev–Trinajstić information content (AvgIpc) is 3.07. The molecular weight excluding hydrogens is 432 g/mol. The predicted octanol–water partition coefficient (Wildman–Crippen LogP) is 5.01. The van der Waals surface area contributed by atoms with Gasteiger partial charge in [0.25, 0.3) is 0 Å². The van der Waals surface area contributed by atoms with Crippen LogP contribution in [0.15, 0.2) is 54.6 Å². The van der Waals surface area contributed by atoms with Crippen molar-refractivity contribution in [2.24, 2.45) is 0 Å². The summed E-state index contributed by atoms with van der Waals surface area (Å²) in [7, 11) is 0. The Morgan fingerprint density at radius 2 is 1.67 bits per heavy atom. The molecule has 5 nitrogen and oxygen atoms in total. The van der Waals surface area contributed by atoms with Gasteiger partial charge < -0.3 is 9.80 Å². The lowest BCUT2D eigenvalue weighted by Crippen LogP contribution is -2.36. The maximum Gasteiger partial charge on any atom is 0.222 e. The summed E-state index contributed by atoms with van der Waals surface area (Å²) >= 11 is 6.07. The molecule has 0 atom stereocenters. The van der Waals surface area contributed by atoms with Crippen LogP contribution in [0.25, 0.3) is 0 Å². The van der Waals surface area contributed by atoms with Crippen molar-refractivity contribution in [1.29, 1.82) is 0 Å². The fourth-order valence-electron chi connectivity index (χ4n) is 4.43. The van der Waals surface area contributed by atoms with Gasteiger partial charge in [0.1, 0.15) is 11.6 Å². The highest BCUT2D eigenvalue weighted by molar-refractivity contribution is 6.30. The molecule has 1 aromatic heterocycles. The number of aromatic nitrogens is 2. The molecule has 172 valence electrons. The Morgan fingerprint density at radius 3 is 2.42 bits per heavy atom. The van der Waals surface area contributed by atoms with Crippen LogP contribution >= 0.6 is 11.6 Å². The molecule has 2 aromatic carbocycles. The third-order valence-corrected chi connectivity index (χ3v) is 6.47. The van der Waals surface area contributed by atoms with Crippen LogP contribution in [0.2, 0.25) is 5.02 Å². The van der Waals surface area contributed by atoms with E-state index in [0.29, 0.717) is 6.42 Å². The quantitative estimate of drug-likeness (QED) is 0.516. The maximum absolute atomic E-state index is 12.9. The minimum absolute atomic E-state index is 0.233. The number of hydrogen-bond acceptors (Lipinski definition) is 4. The molecule has 1 aliphatic rings. The number of carbonyl (C=O) groups is 1. The minimum Gasteiger partial charge on any atom is -0.354 e. The number of hydrogen-bond donors (Lipinski definition) is 0. The van der Waals surface area contributed by atoms with E-state index < -0.39 is 0 Å². The molecule has 1 fully saturated rings. The van der Waals surface area contributed by atoms with Gasteiger partial charge in [0.15, 0.2) is 0 Å². The molecule has 4 rings (SSSR count). The molecule has 1 aliphatic heterocycles. The minimum atomic E-state index is 0.233. The lowest BCUT2D eigenvalue weighted by Gasteiger charge is -2.26. The first-order valence-corrected chi connectivity index (χ1v) is 12.0. The van der Waals surface area contributed by atoms with Gasteiger partial charge in [-0.05, 0) is 49.9 Å². The number of halogens is 1. The molecule has 0 spiro atoms. The summed E-state index contributed by atoms with van der Waals surface area (Å²) in [6.45, 7) is 7.17. The molecule has 0 N–H and O–H groups in total. The Kier molecular flexibility index (Phi) is 7.61. The van der Waals surface area contributed by atoms with E-state index in [-0.39, 0.29) is 5.91 Å². The Hall–Kier alpha value is -2.92. The number of aryl methyl sites for hydroxylation is 3. The monoisotopic (exact) mass is 462 g/mol. The lowest BCUT2D eigenvalue weighted by molar-refractivity contribution is -0.130. The fourth-order valence-corrected chi connectivity index (χ4v) is 4.55. The van der Waals surface area contributed by atoms with Crippen LogP contribution in [0.4, 0.5) is 5.82 Å². The first-order valence-electron chi connectivity index (χ1n) is 11.6. The third-order valence-electron chi connectivity index (χ3n) is 6.22. The van der Waals surface area contributed by atoms with E-state index in [1.807, 2.05) is 42.2 Å². The van der Waals surface area contributed by atoms with Crippen LogP contribution in [-0.4, -0.2) is 47.0 Å². The van der Waals surface area contributed by atoms with E-state index in [0.717, 1.165) is 73.4 Å². The Morgan fingerprint density at radius 1 is 0.909 bits per heavy atom. The SMILES string of the molecule is Cc1nc(C)c(Cc2ccc(Cl)cc2)c(N2CCCN(C(=O)CCc3ccccc3)CC2)n1. The van der Waals surface area contributed by atoms with Gasteiger partial charge in [-0.3, -0.25) is 4.79 Å². The molecule has 1 saturated heterocycles. The number of benzene rings is 2. The molecule has 1 amide bonds. The number of anilines is 1. The van der Waals surface area contributed by atoms with Crippen molar-refractivity contribution in [1.82, 2.24) is 14.9 Å². The van der Waals surface area contributed by atoms with Crippen molar-refractivity contribution in [3.05, 3.63) is 87.8 Å². The highest BCUT2D eigenvalue weighted by atomic mass is 35.5. The zero-order valence-corrected chi connectivity index (χ0v) is 20.2. The van der Waals surface area contributed by atoms with Gasteiger partial charge in [-0.25, -0.2) is 9.97 Å². The fraction of sp³-hybridized carbons (Fsp3) is 0.370. The molecule has 0 aliphatic carbocycles. The van der Waals surface area contributed by atoms with Crippen molar-refractivity contribution >= 4 is 23.3 Å². The smallest absolute Gasteiger partial charge is 0.222 e. The maximum atomic E-state index is 12.9. The van der Waals surface area contributed by atoms with Crippen LogP contribution < -0.4 is 4.90 Å². The van der Waals surface area contributed by atoms with Gasteiger partial charge in [-0.15, -0.1) is 0 Å². The number of nitrogens with zero attached hydrogens (tertiary/aromatic N) is 4. The second-order valence-electron chi connectivity index (χ2n) is 8.67. The number of rotatable bonds is 6. The van der Waals surface area contributed by atoms with E-state index in [2.05, 4.69) is 41.1 Å². The van der Waals surface area contributed by atoms with Gasteiger partial charge in [0.2, 0.25) is 5.91 Å². The van der Waals surface area contributed by atoms with Gasteiger partial charge in [0.05, 0.1) is 0 Å². The summed E-state index contributed by atoms with van der Waals surface area (Å²) in [6, 6.07) is 18.2. The van der Waals surface area contributed by atoms with E-state index in [1.54, 1.807) is 0 Å². The van der Waals surface area contributed by atoms with Crippen molar-refractivity contribution < 1.29 is 4.79 Å². The highest BCUT2D eigenvalue weighted by Gasteiger charge is 2.23. The summed E-state index contributed by atoms with van der Waals surface area (Å²) < 4.78 is 0. The van der Waals surface area contributed by atoms with Crippen molar-refractivity contribution in [2.45, 2.75) is 39.5 Å². The molecule has 0 radical (unpaired) electrons. The summed E-state index contributed by atoms with van der Waals surface area (Å²) in [4.78, 5) is 26.7. The van der Waals surface area contributed by atoms with E-state index >= 15 is 0 Å². The van der Waals surface area contributed by atoms with Gasteiger partial charge >= 0.3 is 0 Å². The molecule has 6 heteroatoms. The largest absolute Gasteiger partial charge is 0.354 e. The molecule has 2 heterocycles. The Labute approximate surface area is 201 Å². The molecule has 3 aromatic rings. The molecule has 0 unspecified atom stereocenters. The van der Waals surface area contributed by atoms with E-state index in [4.69, 9.17) is 16.6 Å². The lowest BCUT2D eigenvalue weighted by atomic mass is 10.0. The molecule has 0 saturated carbocycles. The summed E-state index contributed by atoms with van der Waals surface area (Å²) in [5.74, 6) is 2.01. The highest BCUT2D eigenvalue weighted by Crippen LogP contribution is 2.26. The second-order valence-corrected chi connectivity index (χ2v) is 9.11.